The highest BCUT2D eigenvalue weighted by molar-refractivity contribution is 6.08. The van der Waals surface area contributed by atoms with Crippen LogP contribution in [0, 0.1) is 5.92 Å². The van der Waals surface area contributed by atoms with Crippen molar-refractivity contribution in [1.29, 1.82) is 0 Å². The number of aromatic nitrogens is 1. The number of hydrogen-bond donors (Lipinski definition) is 1. The number of hydrogen-bond acceptors (Lipinski definition) is 9. The number of carbonyl (C=O) groups is 1. The highest BCUT2D eigenvalue weighted by Crippen LogP contribution is 2.45. The minimum Gasteiger partial charge on any atom is -0.493 e. The third-order valence-electron chi connectivity index (χ3n) is 7.12. The molecule has 0 radical (unpaired) electrons. The molecule has 2 N–H and O–H groups in total. The van der Waals surface area contributed by atoms with Gasteiger partial charge in [-0.3, -0.25) is 9.36 Å². The number of benzene rings is 3. The van der Waals surface area contributed by atoms with Crippen LogP contribution in [0.3, 0.4) is 0 Å². The number of nitrogens with zero attached hydrogens (tertiary/aromatic N) is 1. The summed E-state index contributed by atoms with van der Waals surface area (Å²) in [5, 5.41) is 0.761. The molecule has 1 fully saturated rings. The van der Waals surface area contributed by atoms with Gasteiger partial charge in [0.25, 0.3) is 5.56 Å². The predicted octanol–water partition coefficient (Wildman–Crippen LogP) is 4.85. The molecule has 1 heterocycles. The largest absolute Gasteiger partial charge is 0.493 e. The average Bonchev–Trinajstić information content (AvgIpc) is 3.83. The Morgan fingerprint density at radius 3 is 1.98 bits per heavy atom. The lowest BCUT2D eigenvalue weighted by Crippen LogP contribution is -2.27. The molecule has 3 aromatic carbocycles. The van der Waals surface area contributed by atoms with Gasteiger partial charge in [0.2, 0.25) is 5.75 Å². The summed E-state index contributed by atoms with van der Waals surface area (Å²) in [4.78, 5) is 27.8. The summed E-state index contributed by atoms with van der Waals surface area (Å²) in [6, 6.07) is 13.4. The van der Waals surface area contributed by atoms with Gasteiger partial charge < -0.3 is 34.2 Å². The van der Waals surface area contributed by atoms with Gasteiger partial charge in [-0.2, -0.15) is 0 Å². The van der Waals surface area contributed by atoms with E-state index in [9.17, 15) is 9.59 Å². The minimum absolute atomic E-state index is 0.00209. The molecular weight excluding hydrogens is 528 g/mol. The average molecular weight is 561 g/mol. The minimum atomic E-state index is -0.724. The number of esters is 1. The van der Waals surface area contributed by atoms with Crippen LogP contribution in [0.15, 0.2) is 53.3 Å². The van der Waals surface area contributed by atoms with Gasteiger partial charge in [0.15, 0.2) is 23.0 Å². The molecule has 41 heavy (non-hydrogen) atoms. The Kier molecular flexibility index (Phi) is 7.65. The summed E-state index contributed by atoms with van der Waals surface area (Å²) in [7, 11) is 7.30. The van der Waals surface area contributed by atoms with E-state index in [2.05, 4.69) is 0 Å². The van der Waals surface area contributed by atoms with E-state index >= 15 is 0 Å². The molecule has 0 unspecified atom stereocenters. The third-order valence-corrected chi connectivity index (χ3v) is 7.12. The fourth-order valence-corrected chi connectivity index (χ4v) is 4.85. The van der Waals surface area contributed by atoms with Crippen molar-refractivity contribution in [3.63, 3.8) is 0 Å². The van der Waals surface area contributed by atoms with Crippen LogP contribution in [0.4, 0.5) is 5.69 Å². The van der Waals surface area contributed by atoms with Crippen LogP contribution in [0.5, 0.6) is 28.7 Å². The molecule has 0 spiro atoms. The second-order valence-corrected chi connectivity index (χ2v) is 9.66. The molecule has 1 aliphatic rings. The summed E-state index contributed by atoms with van der Waals surface area (Å²) < 4.78 is 35.1. The molecule has 0 saturated heterocycles. The van der Waals surface area contributed by atoms with Gasteiger partial charge in [-0.15, -0.1) is 0 Å². The molecule has 0 aliphatic heterocycles. The maximum absolute atomic E-state index is 14.2. The van der Waals surface area contributed by atoms with E-state index in [4.69, 9.17) is 34.2 Å². The Bertz CT molecular complexity index is 1650. The van der Waals surface area contributed by atoms with Crippen LogP contribution in [0.25, 0.3) is 27.6 Å². The molecule has 1 aromatic heterocycles. The highest BCUT2D eigenvalue weighted by Gasteiger charge is 2.29. The Morgan fingerprint density at radius 2 is 1.44 bits per heavy atom. The lowest BCUT2D eigenvalue weighted by molar-refractivity contribution is 0.0591. The number of anilines is 1. The molecule has 214 valence electrons. The highest BCUT2D eigenvalue weighted by atomic mass is 16.5. The molecule has 0 atom stereocenters. The first-order valence-corrected chi connectivity index (χ1v) is 13.0. The van der Waals surface area contributed by atoms with Crippen LogP contribution in [0.2, 0.25) is 0 Å². The SMILES string of the molecule is COC(=O)c1c(-c2cc(OC)c(OC)c(OC)c2)c2cc(OC)c(OCC3CC3)cc2c(=O)n1-c1ccc(N)cc1. The zero-order chi connectivity index (χ0) is 29.3. The maximum atomic E-state index is 14.2. The van der Waals surface area contributed by atoms with E-state index in [0.29, 0.717) is 74.5 Å². The number of pyridine rings is 1. The number of fused-ring (bicyclic) bond motifs is 1. The van der Waals surface area contributed by atoms with Gasteiger partial charge in [0, 0.05) is 22.3 Å². The van der Waals surface area contributed by atoms with Crippen LogP contribution in [-0.4, -0.2) is 52.7 Å². The quantitative estimate of drug-likeness (QED) is 0.214. The first-order chi connectivity index (χ1) is 19.8. The van der Waals surface area contributed by atoms with Crippen molar-refractivity contribution in [2.24, 2.45) is 5.92 Å². The van der Waals surface area contributed by atoms with Gasteiger partial charge in [-0.05, 0) is 72.9 Å². The molecule has 0 bridgehead atoms. The van der Waals surface area contributed by atoms with Crippen molar-refractivity contribution in [3.05, 3.63) is 64.6 Å². The molecular formula is C31H32N2O8. The van der Waals surface area contributed by atoms with Crippen molar-refractivity contribution in [2.45, 2.75) is 12.8 Å². The van der Waals surface area contributed by atoms with Crippen LogP contribution in [-0.2, 0) is 4.74 Å². The van der Waals surface area contributed by atoms with Gasteiger partial charge in [0.05, 0.1) is 47.5 Å². The van der Waals surface area contributed by atoms with Crippen molar-refractivity contribution >= 4 is 22.4 Å². The second kappa shape index (κ2) is 11.3. The van der Waals surface area contributed by atoms with Crippen LogP contribution >= 0.6 is 0 Å². The van der Waals surface area contributed by atoms with Gasteiger partial charge in [-0.25, -0.2) is 4.79 Å². The fraction of sp³-hybridized carbons (Fsp3) is 0.290. The van der Waals surface area contributed by atoms with Gasteiger partial charge in [-0.1, -0.05) is 0 Å². The monoisotopic (exact) mass is 560 g/mol. The Labute approximate surface area is 237 Å². The van der Waals surface area contributed by atoms with Gasteiger partial charge in [0.1, 0.15) is 5.69 Å². The molecule has 4 aromatic rings. The Morgan fingerprint density at radius 1 is 0.829 bits per heavy atom. The molecule has 10 nitrogen and oxygen atoms in total. The first-order valence-electron chi connectivity index (χ1n) is 13.0. The lowest BCUT2D eigenvalue weighted by Gasteiger charge is -2.21. The molecule has 10 heteroatoms. The number of carbonyl (C=O) groups excluding carboxylic acids is 1. The lowest BCUT2D eigenvalue weighted by atomic mass is 9.95. The van der Waals surface area contributed by atoms with Crippen molar-refractivity contribution in [3.8, 4) is 45.6 Å². The van der Waals surface area contributed by atoms with Crippen molar-refractivity contribution in [2.75, 3.05) is 47.9 Å². The van der Waals surface area contributed by atoms with E-state index in [-0.39, 0.29) is 5.69 Å². The van der Waals surface area contributed by atoms with Gasteiger partial charge >= 0.3 is 5.97 Å². The van der Waals surface area contributed by atoms with Crippen molar-refractivity contribution < 1.29 is 33.2 Å². The normalized spacial score (nSPS) is 12.6. The summed E-state index contributed by atoms with van der Waals surface area (Å²) in [6.45, 7) is 0.522. The maximum Gasteiger partial charge on any atom is 0.355 e. The zero-order valence-corrected chi connectivity index (χ0v) is 23.6. The number of nitrogens with two attached hydrogens (primary N) is 1. The van der Waals surface area contributed by atoms with E-state index in [1.807, 2.05) is 0 Å². The summed E-state index contributed by atoms with van der Waals surface area (Å²) in [6.07, 6.45) is 2.21. The molecule has 0 amide bonds. The Balaban J connectivity index is 1.94. The number of rotatable bonds is 10. The molecule has 1 aliphatic carbocycles. The summed E-state index contributed by atoms with van der Waals surface area (Å²) in [5.41, 5.74) is 7.34. The van der Waals surface area contributed by atoms with E-state index in [1.165, 1.54) is 40.1 Å². The smallest absolute Gasteiger partial charge is 0.355 e. The topological polar surface area (TPSA) is 120 Å². The predicted molar refractivity (Wildman–Crippen MR) is 155 cm³/mol. The number of methoxy groups -OCH3 is 5. The first kappa shape index (κ1) is 27.7. The van der Waals surface area contributed by atoms with E-state index in [0.717, 1.165) is 12.8 Å². The Hall–Kier alpha value is -4.86. The number of ether oxygens (including phenoxy) is 6. The van der Waals surface area contributed by atoms with Crippen molar-refractivity contribution in [1.82, 2.24) is 4.57 Å². The second-order valence-electron chi connectivity index (χ2n) is 9.66. The molecule has 1 saturated carbocycles. The standard InChI is InChI=1S/C31H32N2O8/c1-36-23-14-21-22(15-24(23)41-16-17-6-7-17)30(34)33(20-10-8-19(32)9-11-20)28(31(35)40-5)27(21)18-12-25(37-2)29(39-4)26(13-18)38-3/h8-15,17H,6-7,16,32H2,1-5H3. The summed E-state index contributed by atoms with van der Waals surface area (Å²) in [5.74, 6) is 1.74. The summed E-state index contributed by atoms with van der Waals surface area (Å²) >= 11 is 0. The fourth-order valence-electron chi connectivity index (χ4n) is 4.85. The van der Waals surface area contributed by atoms with E-state index < -0.39 is 11.5 Å². The van der Waals surface area contributed by atoms with Crippen LogP contribution in [0.1, 0.15) is 23.3 Å². The van der Waals surface area contributed by atoms with E-state index in [1.54, 1.807) is 48.5 Å². The molecule has 5 rings (SSSR count). The zero-order valence-electron chi connectivity index (χ0n) is 23.6. The third kappa shape index (κ3) is 5.08. The van der Waals surface area contributed by atoms with Crippen LogP contribution < -0.4 is 35.0 Å². The number of nitrogen functional groups attached to an aromatic ring is 1.